The number of nitrogens with one attached hydrogen (secondary N) is 3. The van der Waals surface area contributed by atoms with Crippen LogP contribution in [-0.4, -0.2) is 14.4 Å². The number of anilines is 3. The second-order valence-electron chi connectivity index (χ2n) is 6.15. The quantitative estimate of drug-likeness (QED) is 0.415. The highest BCUT2D eigenvalue weighted by atomic mass is 79.9. The van der Waals surface area contributed by atoms with Gasteiger partial charge in [-0.15, -0.1) is 0 Å². The number of sulfonamides is 1. The molecule has 2 amide bonds. The summed E-state index contributed by atoms with van der Waals surface area (Å²) in [6, 6.07) is 17.7. The van der Waals surface area contributed by atoms with Crippen molar-refractivity contribution in [3.05, 3.63) is 81.8 Å². The molecule has 0 aliphatic rings. The van der Waals surface area contributed by atoms with Gasteiger partial charge in [-0.05, 0) is 76.9 Å². The Morgan fingerprint density at radius 3 is 2.28 bits per heavy atom. The maximum absolute atomic E-state index is 12.8. The summed E-state index contributed by atoms with van der Waals surface area (Å²) in [5.74, 6) is 0. The first kappa shape index (κ1) is 21.2. The van der Waals surface area contributed by atoms with E-state index >= 15 is 0 Å². The molecule has 0 atom stereocenters. The molecule has 0 bridgehead atoms. The van der Waals surface area contributed by atoms with Crippen molar-refractivity contribution in [1.82, 2.24) is 0 Å². The summed E-state index contributed by atoms with van der Waals surface area (Å²) in [7, 11) is -3.85. The van der Waals surface area contributed by atoms with E-state index in [9.17, 15) is 13.2 Å². The Morgan fingerprint density at radius 2 is 1.59 bits per heavy atom. The standard InChI is InChI=1S/C20H17BrClN3O3S/c1-13-6-9-16(23-20(26)24-18-5-3-2-4-17(18)21)12-19(13)29(27,28)25-15-10-7-14(22)8-11-15/h2-12,25H,1H3,(H2,23,24,26). The fraction of sp³-hybridized carbons (Fsp3) is 0.0500. The number of rotatable bonds is 5. The van der Waals surface area contributed by atoms with Crippen LogP contribution in [0.5, 0.6) is 0 Å². The van der Waals surface area contributed by atoms with Crippen molar-refractivity contribution in [2.45, 2.75) is 11.8 Å². The van der Waals surface area contributed by atoms with Gasteiger partial charge in [0, 0.05) is 20.9 Å². The van der Waals surface area contributed by atoms with Crippen LogP contribution in [0.2, 0.25) is 5.02 Å². The van der Waals surface area contributed by atoms with E-state index in [1.165, 1.54) is 6.07 Å². The predicted molar refractivity (Wildman–Crippen MR) is 120 cm³/mol. The molecule has 9 heteroatoms. The Morgan fingerprint density at radius 1 is 0.931 bits per heavy atom. The van der Waals surface area contributed by atoms with Crippen LogP contribution in [0.25, 0.3) is 0 Å². The first-order chi connectivity index (χ1) is 13.7. The number of carbonyl (C=O) groups excluding carboxylic acids is 1. The molecule has 0 heterocycles. The van der Waals surface area contributed by atoms with Crippen LogP contribution in [0.3, 0.4) is 0 Å². The lowest BCUT2D eigenvalue weighted by molar-refractivity contribution is 0.262. The maximum atomic E-state index is 12.8. The van der Waals surface area contributed by atoms with Gasteiger partial charge in [0.25, 0.3) is 10.0 Å². The van der Waals surface area contributed by atoms with Crippen LogP contribution >= 0.6 is 27.5 Å². The number of hydrogen-bond donors (Lipinski definition) is 3. The molecule has 3 aromatic carbocycles. The van der Waals surface area contributed by atoms with Crippen LogP contribution < -0.4 is 15.4 Å². The topological polar surface area (TPSA) is 87.3 Å². The third kappa shape index (κ3) is 5.50. The Kier molecular flexibility index (Phi) is 6.46. The second-order valence-corrected chi connectivity index (χ2v) is 9.09. The number of benzene rings is 3. The monoisotopic (exact) mass is 493 g/mol. The zero-order valence-corrected chi connectivity index (χ0v) is 18.4. The van der Waals surface area contributed by atoms with Crippen LogP contribution in [0, 0.1) is 6.92 Å². The molecule has 0 spiro atoms. The van der Waals surface area contributed by atoms with E-state index < -0.39 is 16.1 Å². The molecule has 6 nitrogen and oxygen atoms in total. The van der Waals surface area contributed by atoms with E-state index in [0.29, 0.717) is 27.6 Å². The Balaban J connectivity index is 1.79. The Labute approximate surface area is 182 Å². The fourth-order valence-corrected chi connectivity index (χ4v) is 4.38. The summed E-state index contributed by atoms with van der Waals surface area (Å²) in [6.45, 7) is 1.68. The first-order valence-corrected chi connectivity index (χ1v) is 11.1. The molecular formula is C20H17BrClN3O3S. The average Bonchev–Trinajstić information content (AvgIpc) is 2.67. The minimum atomic E-state index is -3.85. The molecular weight excluding hydrogens is 478 g/mol. The fourth-order valence-electron chi connectivity index (χ4n) is 2.54. The van der Waals surface area contributed by atoms with E-state index in [-0.39, 0.29) is 4.90 Å². The van der Waals surface area contributed by atoms with Gasteiger partial charge >= 0.3 is 6.03 Å². The molecule has 150 valence electrons. The summed E-state index contributed by atoms with van der Waals surface area (Å²) in [6.07, 6.45) is 0. The average molecular weight is 495 g/mol. The van der Waals surface area contributed by atoms with Gasteiger partial charge in [-0.3, -0.25) is 4.72 Å². The minimum absolute atomic E-state index is 0.0612. The number of halogens is 2. The number of para-hydroxylation sites is 1. The van der Waals surface area contributed by atoms with Gasteiger partial charge in [0.05, 0.1) is 10.6 Å². The molecule has 0 radical (unpaired) electrons. The van der Waals surface area contributed by atoms with Gasteiger partial charge in [-0.25, -0.2) is 13.2 Å². The van der Waals surface area contributed by atoms with Crippen molar-refractivity contribution in [2.75, 3.05) is 15.4 Å². The Bertz CT molecular complexity index is 1150. The number of aryl methyl sites for hydroxylation is 1. The normalized spacial score (nSPS) is 11.0. The van der Waals surface area contributed by atoms with Crippen molar-refractivity contribution in [1.29, 1.82) is 0 Å². The van der Waals surface area contributed by atoms with Gasteiger partial charge in [0.2, 0.25) is 0 Å². The summed E-state index contributed by atoms with van der Waals surface area (Å²) >= 11 is 9.19. The summed E-state index contributed by atoms with van der Waals surface area (Å²) < 4.78 is 28.8. The van der Waals surface area contributed by atoms with Crippen molar-refractivity contribution in [2.24, 2.45) is 0 Å². The van der Waals surface area contributed by atoms with E-state index in [1.807, 2.05) is 6.07 Å². The SMILES string of the molecule is Cc1ccc(NC(=O)Nc2ccccc2Br)cc1S(=O)(=O)Nc1ccc(Cl)cc1. The molecule has 3 N–H and O–H groups in total. The number of urea groups is 1. The van der Waals surface area contributed by atoms with Crippen LogP contribution in [0.1, 0.15) is 5.56 Å². The van der Waals surface area contributed by atoms with Gasteiger partial charge in [-0.1, -0.05) is 29.8 Å². The third-order valence-electron chi connectivity index (χ3n) is 3.95. The summed E-state index contributed by atoms with van der Waals surface area (Å²) in [4.78, 5) is 12.3. The van der Waals surface area contributed by atoms with Gasteiger partial charge < -0.3 is 10.6 Å². The molecule has 0 unspecified atom stereocenters. The number of carbonyl (C=O) groups is 1. The minimum Gasteiger partial charge on any atom is -0.308 e. The lowest BCUT2D eigenvalue weighted by Crippen LogP contribution is -2.20. The van der Waals surface area contributed by atoms with Crippen molar-refractivity contribution in [3.63, 3.8) is 0 Å². The summed E-state index contributed by atoms with van der Waals surface area (Å²) in [5.41, 5.74) is 1.87. The molecule has 0 saturated carbocycles. The number of hydrogen-bond acceptors (Lipinski definition) is 3. The van der Waals surface area contributed by atoms with Gasteiger partial charge in [0.15, 0.2) is 0 Å². The van der Waals surface area contributed by atoms with E-state index in [4.69, 9.17) is 11.6 Å². The molecule has 0 fully saturated rings. The molecule has 0 aliphatic heterocycles. The highest BCUT2D eigenvalue weighted by Gasteiger charge is 2.18. The predicted octanol–water partition coefficient (Wildman–Crippen LogP) is 5.86. The third-order valence-corrected chi connectivity index (χ3v) is 6.42. The van der Waals surface area contributed by atoms with Crippen molar-refractivity contribution < 1.29 is 13.2 Å². The van der Waals surface area contributed by atoms with E-state index in [0.717, 1.165) is 4.47 Å². The molecule has 0 aliphatic carbocycles. The van der Waals surface area contributed by atoms with Crippen molar-refractivity contribution in [3.8, 4) is 0 Å². The lowest BCUT2D eigenvalue weighted by atomic mass is 10.2. The number of amides is 2. The Hall–Kier alpha value is -2.55. The van der Waals surface area contributed by atoms with Gasteiger partial charge in [0.1, 0.15) is 0 Å². The van der Waals surface area contributed by atoms with Crippen LogP contribution in [0.4, 0.5) is 21.9 Å². The smallest absolute Gasteiger partial charge is 0.308 e. The van der Waals surface area contributed by atoms with E-state index in [2.05, 4.69) is 31.3 Å². The molecule has 0 saturated heterocycles. The molecule has 0 aromatic heterocycles. The highest BCUT2D eigenvalue weighted by Crippen LogP contribution is 2.25. The molecule has 3 rings (SSSR count). The van der Waals surface area contributed by atoms with Crippen LogP contribution in [0.15, 0.2) is 76.1 Å². The lowest BCUT2D eigenvalue weighted by Gasteiger charge is -2.13. The van der Waals surface area contributed by atoms with E-state index in [1.54, 1.807) is 61.5 Å². The zero-order chi connectivity index (χ0) is 21.0. The first-order valence-electron chi connectivity index (χ1n) is 8.46. The largest absolute Gasteiger partial charge is 0.323 e. The zero-order valence-electron chi connectivity index (χ0n) is 15.2. The second kappa shape index (κ2) is 8.86. The van der Waals surface area contributed by atoms with Crippen molar-refractivity contribution >= 4 is 60.6 Å². The highest BCUT2D eigenvalue weighted by molar-refractivity contribution is 9.10. The molecule has 3 aromatic rings. The molecule has 29 heavy (non-hydrogen) atoms. The van der Waals surface area contributed by atoms with Gasteiger partial charge in [-0.2, -0.15) is 0 Å². The van der Waals surface area contributed by atoms with Crippen LogP contribution in [-0.2, 0) is 10.0 Å². The summed E-state index contributed by atoms with van der Waals surface area (Å²) in [5, 5.41) is 5.86. The maximum Gasteiger partial charge on any atom is 0.323 e.